The van der Waals surface area contributed by atoms with Crippen molar-refractivity contribution < 1.29 is 28.2 Å². The van der Waals surface area contributed by atoms with Gasteiger partial charge in [0.25, 0.3) is 5.91 Å². The lowest BCUT2D eigenvalue weighted by Gasteiger charge is -2.26. The first-order valence-electron chi connectivity index (χ1n) is 8.99. The Hall–Kier alpha value is -3.75. The number of nitrogens with zero attached hydrogens (tertiary/aromatic N) is 1. The lowest BCUT2D eigenvalue weighted by atomic mass is 10.2. The van der Waals surface area contributed by atoms with E-state index in [0.717, 1.165) is 4.57 Å². The molecular weight excluding hydrogens is 380 g/mol. The van der Waals surface area contributed by atoms with Crippen molar-refractivity contribution >= 4 is 23.0 Å². The molecule has 0 spiro atoms. The van der Waals surface area contributed by atoms with Gasteiger partial charge >= 0.3 is 11.7 Å². The fraction of sp³-hybridized carbons (Fsp3) is 0.250. The number of fused-ring (bicyclic) bond motifs is 2. The monoisotopic (exact) mass is 398 g/mol. The molecule has 0 bridgehead atoms. The van der Waals surface area contributed by atoms with E-state index in [2.05, 4.69) is 5.32 Å². The molecule has 0 saturated carbocycles. The minimum absolute atomic E-state index is 0.205. The molecule has 9 heteroatoms. The van der Waals surface area contributed by atoms with Crippen LogP contribution in [0.5, 0.6) is 11.5 Å². The molecule has 1 aliphatic rings. The molecular formula is C20H18N2O7. The van der Waals surface area contributed by atoms with Crippen LogP contribution in [-0.4, -0.2) is 42.3 Å². The molecule has 4 rings (SSSR count). The molecule has 0 radical (unpaired) electrons. The van der Waals surface area contributed by atoms with Crippen molar-refractivity contribution in [3.63, 3.8) is 0 Å². The zero-order chi connectivity index (χ0) is 20.2. The van der Waals surface area contributed by atoms with Gasteiger partial charge in [-0.1, -0.05) is 24.3 Å². The van der Waals surface area contributed by atoms with Gasteiger partial charge in [0.2, 0.25) is 0 Å². The Morgan fingerprint density at radius 1 is 1.10 bits per heavy atom. The van der Waals surface area contributed by atoms with Crippen LogP contribution in [0.15, 0.2) is 57.7 Å². The summed E-state index contributed by atoms with van der Waals surface area (Å²) in [5, 5.41) is 2.63. The number of rotatable bonds is 6. The van der Waals surface area contributed by atoms with Crippen LogP contribution in [0.25, 0.3) is 11.1 Å². The van der Waals surface area contributed by atoms with Crippen LogP contribution in [0.1, 0.15) is 0 Å². The Labute approximate surface area is 164 Å². The highest BCUT2D eigenvalue weighted by molar-refractivity contribution is 5.81. The number of para-hydroxylation sites is 4. The number of esters is 1. The van der Waals surface area contributed by atoms with E-state index in [1.165, 1.54) is 0 Å². The number of carbonyl (C=O) groups excluding carboxylic acids is 2. The summed E-state index contributed by atoms with van der Waals surface area (Å²) < 4.78 is 22.5. The van der Waals surface area contributed by atoms with Crippen LogP contribution in [0.2, 0.25) is 0 Å². The van der Waals surface area contributed by atoms with Crippen molar-refractivity contribution in [3.05, 3.63) is 59.1 Å². The van der Waals surface area contributed by atoms with Crippen molar-refractivity contribution in [2.75, 3.05) is 19.8 Å². The van der Waals surface area contributed by atoms with Crippen molar-refractivity contribution in [1.82, 2.24) is 9.88 Å². The number of oxazole rings is 1. The van der Waals surface area contributed by atoms with Gasteiger partial charge < -0.3 is 23.9 Å². The van der Waals surface area contributed by atoms with Crippen molar-refractivity contribution in [1.29, 1.82) is 0 Å². The first kappa shape index (κ1) is 18.6. The topological polar surface area (TPSA) is 109 Å². The molecule has 1 N–H and O–H groups in total. The zero-order valence-corrected chi connectivity index (χ0v) is 15.3. The lowest BCUT2D eigenvalue weighted by Crippen LogP contribution is -2.42. The van der Waals surface area contributed by atoms with Gasteiger partial charge in [-0.2, -0.15) is 0 Å². The summed E-state index contributed by atoms with van der Waals surface area (Å²) in [7, 11) is 0. The Kier molecular flexibility index (Phi) is 5.19. The van der Waals surface area contributed by atoms with E-state index in [4.69, 9.17) is 18.6 Å². The number of ether oxygens (including phenoxy) is 3. The largest absolute Gasteiger partial charge is 0.486 e. The number of hydrogen-bond donors (Lipinski definition) is 1. The van der Waals surface area contributed by atoms with Gasteiger partial charge in [-0.25, -0.2) is 4.79 Å². The first-order valence-corrected chi connectivity index (χ1v) is 8.99. The number of hydrogen-bond acceptors (Lipinski definition) is 7. The predicted molar refractivity (Wildman–Crippen MR) is 101 cm³/mol. The van der Waals surface area contributed by atoms with Crippen molar-refractivity contribution in [2.24, 2.45) is 0 Å². The molecule has 9 nitrogen and oxygen atoms in total. The van der Waals surface area contributed by atoms with E-state index in [1.807, 2.05) is 12.1 Å². The molecule has 0 fully saturated rings. The minimum atomic E-state index is -0.722. The van der Waals surface area contributed by atoms with E-state index in [1.54, 1.807) is 36.4 Å². The van der Waals surface area contributed by atoms with Gasteiger partial charge in [-0.15, -0.1) is 0 Å². The maximum atomic E-state index is 12.0. The van der Waals surface area contributed by atoms with E-state index in [0.29, 0.717) is 29.2 Å². The molecule has 0 aliphatic carbocycles. The molecule has 2 heterocycles. The van der Waals surface area contributed by atoms with Gasteiger partial charge in [0.15, 0.2) is 23.7 Å². The summed E-state index contributed by atoms with van der Waals surface area (Å²) in [6.45, 7) is -0.308. The third-order valence-electron chi connectivity index (χ3n) is 4.32. The van der Waals surface area contributed by atoms with Crippen LogP contribution in [0, 0.1) is 0 Å². The van der Waals surface area contributed by atoms with Gasteiger partial charge in [-0.3, -0.25) is 14.2 Å². The van der Waals surface area contributed by atoms with E-state index in [9.17, 15) is 14.4 Å². The fourth-order valence-corrected chi connectivity index (χ4v) is 2.93. The Morgan fingerprint density at radius 3 is 2.72 bits per heavy atom. The Bertz CT molecular complexity index is 1100. The van der Waals surface area contributed by atoms with Crippen molar-refractivity contribution in [3.8, 4) is 11.5 Å². The standard InChI is InChI=1S/C20H18N2O7/c23-18(21-9-13-11-26-16-7-3-4-8-17(16)28-13)12-27-19(24)10-22-14-5-1-2-6-15(14)29-20(22)25/h1-8,13H,9-12H2,(H,21,23)/t13-/m0/s1. The summed E-state index contributed by atoms with van der Waals surface area (Å²) in [6, 6.07) is 14.0. The van der Waals surface area contributed by atoms with Crippen molar-refractivity contribution in [2.45, 2.75) is 12.6 Å². The number of aromatic nitrogens is 1. The van der Waals surface area contributed by atoms with E-state index >= 15 is 0 Å². The molecule has 1 amide bonds. The summed E-state index contributed by atoms with van der Waals surface area (Å²) in [5.41, 5.74) is 0.855. The second kappa shape index (κ2) is 8.09. The smallest absolute Gasteiger partial charge is 0.420 e. The predicted octanol–water partition coefficient (Wildman–Crippen LogP) is 1.09. The van der Waals surface area contributed by atoms with E-state index in [-0.39, 0.29) is 19.2 Å². The Balaban J connectivity index is 1.24. The summed E-state index contributed by atoms with van der Waals surface area (Å²) in [5.74, 6) is -0.597. The van der Waals surface area contributed by atoms with E-state index < -0.39 is 24.2 Å². The molecule has 0 unspecified atom stereocenters. The third kappa shape index (κ3) is 4.23. The van der Waals surface area contributed by atoms with Gasteiger partial charge in [0.05, 0.1) is 12.1 Å². The molecule has 3 aromatic rings. The number of carbonyl (C=O) groups is 2. The van der Waals surface area contributed by atoms with Crippen LogP contribution < -0.4 is 20.5 Å². The number of benzene rings is 2. The summed E-state index contributed by atoms with van der Waals surface area (Å²) in [4.78, 5) is 35.8. The highest BCUT2D eigenvalue weighted by Crippen LogP contribution is 2.30. The van der Waals surface area contributed by atoms with Crippen LogP contribution in [0.4, 0.5) is 0 Å². The molecule has 2 aromatic carbocycles. The second-order valence-corrected chi connectivity index (χ2v) is 6.38. The minimum Gasteiger partial charge on any atom is -0.486 e. The average molecular weight is 398 g/mol. The SMILES string of the molecule is O=C(COC(=O)Cn1c(=O)oc2ccccc21)NC[C@H]1COc2ccccc2O1. The molecule has 1 atom stereocenters. The quantitative estimate of drug-likeness (QED) is 0.619. The van der Waals surface area contributed by atoms with Crippen LogP contribution in [0.3, 0.4) is 0 Å². The molecule has 1 aliphatic heterocycles. The summed E-state index contributed by atoms with van der Waals surface area (Å²) in [6.07, 6.45) is -0.347. The third-order valence-corrected chi connectivity index (χ3v) is 4.32. The number of amides is 1. The zero-order valence-electron chi connectivity index (χ0n) is 15.3. The molecule has 29 heavy (non-hydrogen) atoms. The van der Waals surface area contributed by atoms with Crippen LogP contribution in [-0.2, 0) is 20.9 Å². The molecule has 0 saturated heterocycles. The Morgan fingerprint density at radius 2 is 1.86 bits per heavy atom. The maximum absolute atomic E-state index is 12.0. The lowest BCUT2D eigenvalue weighted by molar-refractivity contribution is -0.149. The van der Waals surface area contributed by atoms with Gasteiger partial charge in [-0.05, 0) is 24.3 Å². The van der Waals surface area contributed by atoms with Crippen LogP contribution >= 0.6 is 0 Å². The first-order chi connectivity index (χ1) is 14.1. The molecule has 150 valence electrons. The highest BCUT2D eigenvalue weighted by atomic mass is 16.6. The average Bonchev–Trinajstić information content (AvgIpc) is 3.05. The second-order valence-electron chi connectivity index (χ2n) is 6.38. The normalized spacial score (nSPS) is 15.1. The maximum Gasteiger partial charge on any atom is 0.420 e. The number of nitrogens with one attached hydrogen (secondary N) is 1. The van der Waals surface area contributed by atoms with Gasteiger partial charge in [0.1, 0.15) is 19.3 Å². The molecule has 1 aromatic heterocycles. The summed E-state index contributed by atoms with van der Waals surface area (Å²) >= 11 is 0. The fourth-order valence-electron chi connectivity index (χ4n) is 2.93. The van der Waals surface area contributed by atoms with Gasteiger partial charge in [0, 0.05) is 0 Å². The highest BCUT2D eigenvalue weighted by Gasteiger charge is 2.21.